The summed E-state index contributed by atoms with van der Waals surface area (Å²) in [6, 6.07) is 7.58. The van der Waals surface area contributed by atoms with E-state index in [1.165, 1.54) is 0 Å². The second-order valence-corrected chi connectivity index (χ2v) is 5.69. The van der Waals surface area contributed by atoms with Crippen LogP contribution in [-0.2, 0) is 10.3 Å². The molecule has 98 valence electrons. The average Bonchev–Trinajstić information content (AvgIpc) is 3.10. The van der Waals surface area contributed by atoms with Crippen molar-refractivity contribution in [1.29, 1.82) is 0 Å². The summed E-state index contributed by atoms with van der Waals surface area (Å²) in [6.45, 7) is 4.05. The Morgan fingerprint density at radius 2 is 1.94 bits per heavy atom. The molecule has 0 bridgehead atoms. The van der Waals surface area contributed by atoms with Crippen molar-refractivity contribution >= 4 is 17.5 Å². The highest BCUT2D eigenvalue weighted by Gasteiger charge is 2.51. The minimum atomic E-state index is -0.751. The molecule has 1 aliphatic carbocycles. The molecule has 1 fully saturated rings. The summed E-state index contributed by atoms with van der Waals surface area (Å²) in [5, 5.41) is 4.04. The normalized spacial score (nSPS) is 18.7. The van der Waals surface area contributed by atoms with Gasteiger partial charge in [-0.25, -0.2) is 0 Å². The van der Waals surface area contributed by atoms with Crippen molar-refractivity contribution in [3.8, 4) is 0 Å². The lowest BCUT2D eigenvalue weighted by Crippen LogP contribution is -2.56. The first-order valence-corrected chi connectivity index (χ1v) is 6.68. The number of carbonyl (C=O) groups is 1. The highest BCUT2D eigenvalue weighted by atomic mass is 35.5. The lowest BCUT2D eigenvalue weighted by Gasteiger charge is -2.34. The number of hydrogen-bond acceptors (Lipinski definition) is 2. The van der Waals surface area contributed by atoms with Crippen LogP contribution in [0.4, 0.5) is 0 Å². The number of rotatable bonds is 5. The minimum Gasteiger partial charge on any atom is -0.368 e. The Hall–Kier alpha value is -1.06. The van der Waals surface area contributed by atoms with Gasteiger partial charge >= 0.3 is 0 Å². The van der Waals surface area contributed by atoms with Crippen molar-refractivity contribution in [2.45, 2.75) is 38.3 Å². The van der Waals surface area contributed by atoms with Crippen LogP contribution in [0, 0.1) is 5.92 Å². The van der Waals surface area contributed by atoms with Crippen LogP contribution < -0.4 is 11.1 Å². The van der Waals surface area contributed by atoms with Crippen LogP contribution in [0.3, 0.4) is 0 Å². The van der Waals surface area contributed by atoms with E-state index in [1.807, 2.05) is 26.0 Å². The number of carbonyl (C=O) groups excluding carboxylic acids is 1. The van der Waals surface area contributed by atoms with Gasteiger partial charge in [0.2, 0.25) is 5.91 Å². The molecule has 1 amide bonds. The smallest absolute Gasteiger partial charge is 0.242 e. The third-order valence-corrected chi connectivity index (χ3v) is 3.65. The van der Waals surface area contributed by atoms with Gasteiger partial charge in [0, 0.05) is 11.1 Å². The SMILES string of the molecule is CC(C)NC(C(N)=O)(c1ccc(Cl)cc1)C1CC1. The molecule has 0 heterocycles. The van der Waals surface area contributed by atoms with Gasteiger partial charge in [0.25, 0.3) is 0 Å². The maximum Gasteiger partial charge on any atom is 0.242 e. The van der Waals surface area contributed by atoms with Gasteiger partial charge in [-0.2, -0.15) is 0 Å². The van der Waals surface area contributed by atoms with Gasteiger partial charge in [0.15, 0.2) is 0 Å². The van der Waals surface area contributed by atoms with Gasteiger partial charge in [0.1, 0.15) is 5.54 Å². The predicted octanol–water partition coefficient (Wildman–Crippen LogP) is 2.43. The Balaban J connectivity index is 2.45. The molecule has 0 aromatic heterocycles. The van der Waals surface area contributed by atoms with Crippen LogP contribution in [0.5, 0.6) is 0 Å². The standard InChI is InChI=1S/C14H19ClN2O/c1-9(2)17-14(13(16)18,10-3-4-10)11-5-7-12(15)8-6-11/h5-10,17H,3-4H2,1-2H3,(H2,16,18). The van der Waals surface area contributed by atoms with E-state index in [0.717, 1.165) is 18.4 Å². The summed E-state index contributed by atoms with van der Waals surface area (Å²) in [6.07, 6.45) is 2.07. The largest absolute Gasteiger partial charge is 0.368 e. The van der Waals surface area contributed by atoms with Crippen molar-refractivity contribution in [2.75, 3.05) is 0 Å². The molecule has 4 heteroatoms. The van der Waals surface area contributed by atoms with E-state index in [4.69, 9.17) is 17.3 Å². The van der Waals surface area contributed by atoms with Gasteiger partial charge in [0.05, 0.1) is 0 Å². The van der Waals surface area contributed by atoms with Crippen LogP contribution in [0.1, 0.15) is 32.3 Å². The van der Waals surface area contributed by atoms with E-state index < -0.39 is 5.54 Å². The first-order chi connectivity index (χ1) is 8.46. The summed E-state index contributed by atoms with van der Waals surface area (Å²) < 4.78 is 0. The monoisotopic (exact) mass is 266 g/mol. The van der Waals surface area contributed by atoms with E-state index in [-0.39, 0.29) is 11.9 Å². The van der Waals surface area contributed by atoms with Gasteiger partial charge in [-0.3, -0.25) is 10.1 Å². The van der Waals surface area contributed by atoms with Gasteiger partial charge in [-0.15, -0.1) is 0 Å². The van der Waals surface area contributed by atoms with Crippen molar-refractivity contribution in [3.05, 3.63) is 34.9 Å². The number of nitrogens with two attached hydrogens (primary N) is 1. The van der Waals surface area contributed by atoms with Crippen LogP contribution in [0.2, 0.25) is 5.02 Å². The van der Waals surface area contributed by atoms with Crippen molar-refractivity contribution in [1.82, 2.24) is 5.32 Å². The van der Waals surface area contributed by atoms with Crippen molar-refractivity contribution in [3.63, 3.8) is 0 Å². The Labute approximate surface area is 113 Å². The van der Waals surface area contributed by atoms with E-state index in [2.05, 4.69) is 5.32 Å². The number of nitrogens with one attached hydrogen (secondary N) is 1. The number of halogens is 1. The molecule has 1 saturated carbocycles. The molecule has 3 nitrogen and oxygen atoms in total. The van der Waals surface area contributed by atoms with E-state index in [1.54, 1.807) is 12.1 Å². The second-order valence-electron chi connectivity index (χ2n) is 5.25. The zero-order chi connectivity index (χ0) is 13.3. The van der Waals surface area contributed by atoms with Crippen LogP contribution >= 0.6 is 11.6 Å². The maximum absolute atomic E-state index is 12.1. The molecule has 1 aromatic rings. The van der Waals surface area contributed by atoms with Crippen molar-refractivity contribution < 1.29 is 4.79 Å². The summed E-state index contributed by atoms with van der Waals surface area (Å²) in [7, 11) is 0. The van der Waals surface area contributed by atoms with Gasteiger partial charge in [-0.1, -0.05) is 23.7 Å². The number of hydrogen-bond donors (Lipinski definition) is 2. The zero-order valence-corrected chi connectivity index (χ0v) is 11.5. The minimum absolute atomic E-state index is 0.189. The highest BCUT2D eigenvalue weighted by Crippen LogP contribution is 2.46. The molecule has 2 rings (SSSR count). The van der Waals surface area contributed by atoms with Crippen molar-refractivity contribution in [2.24, 2.45) is 11.7 Å². The molecule has 1 atom stereocenters. The first-order valence-electron chi connectivity index (χ1n) is 6.30. The fraction of sp³-hybridized carbons (Fsp3) is 0.500. The van der Waals surface area contributed by atoms with E-state index in [0.29, 0.717) is 10.9 Å². The lowest BCUT2D eigenvalue weighted by atomic mass is 9.83. The number of benzene rings is 1. The summed E-state index contributed by atoms with van der Waals surface area (Å²) in [5.74, 6) is -0.0143. The molecule has 3 N–H and O–H groups in total. The summed E-state index contributed by atoms with van der Waals surface area (Å²) in [5.41, 5.74) is 5.86. The molecule has 18 heavy (non-hydrogen) atoms. The quantitative estimate of drug-likeness (QED) is 0.860. The first kappa shape index (κ1) is 13.4. The molecular formula is C14H19ClN2O. The van der Waals surface area contributed by atoms with Gasteiger partial charge < -0.3 is 5.73 Å². The molecule has 1 aliphatic rings. The lowest BCUT2D eigenvalue weighted by molar-refractivity contribution is -0.126. The van der Waals surface area contributed by atoms with Crippen LogP contribution in [0.15, 0.2) is 24.3 Å². The molecular weight excluding hydrogens is 248 g/mol. The van der Waals surface area contributed by atoms with E-state index in [9.17, 15) is 4.79 Å². The number of amides is 1. The molecule has 0 radical (unpaired) electrons. The topological polar surface area (TPSA) is 55.1 Å². The maximum atomic E-state index is 12.1. The molecule has 1 unspecified atom stereocenters. The van der Waals surface area contributed by atoms with E-state index >= 15 is 0 Å². The average molecular weight is 267 g/mol. The molecule has 0 spiro atoms. The molecule has 1 aromatic carbocycles. The summed E-state index contributed by atoms with van der Waals surface area (Å²) in [4.78, 5) is 12.1. The third kappa shape index (κ3) is 2.38. The van der Waals surface area contributed by atoms with Crippen LogP contribution in [0.25, 0.3) is 0 Å². The zero-order valence-electron chi connectivity index (χ0n) is 10.7. The molecule has 0 aliphatic heterocycles. The Morgan fingerprint density at radius 3 is 2.33 bits per heavy atom. The van der Waals surface area contributed by atoms with Gasteiger partial charge in [-0.05, 0) is 50.3 Å². The second kappa shape index (κ2) is 4.90. The number of primary amides is 1. The summed E-state index contributed by atoms with van der Waals surface area (Å²) >= 11 is 5.91. The predicted molar refractivity (Wildman–Crippen MR) is 73.3 cm³/mol. The fourth-order valence-corrected chi connectivity index (χ4v) is 2.66. The Morgan fingerprint density at radius 1 is 1.39 bits per heavy atom. The Bertz CT molecular complexity index is 440. The highest BCUT2D eigenvalue weighted by molar-refractivity contribution is 6.30. The third-order valence-electron chi connectivity index (χ3n) is 3.39. The fourth-order valence-electron chi connectivity index (χ4n) is 2.54. The molecule has 0 saturated heterocycles. The van der Waals surface area contributed by atoms with Crippen LogP contribution in [-0.4, -0.2) is 11.9 Å². The Kier molecular flexibility index (Phi) is 3.64.